The largest absolute Gasteiger partial charge is 0.354 e. The van der Waals surface area contributed by atoms with Crippen LogP contribution in [-0.4, -0.2) is 22.5 Å². The molecule has 0 aliphatic carbocycles. The van der Waals surface area contributed by atoms with Crippen LogP contribution in [0.25, 0.3) is 43.6 Å². The summed E-state index contributed by atoms with van der Waals surface area (Å²) in [6.45, 7) is 1.88. The summed E-state index contributed by atoms with van der Waals surface area (Å²) in [6.07, 6.45) is 0. The molecule has 2 N–H and O–H groups in total. The fourth-order valence-electron chi connectivity index (χ4n) is 4.15. The van der Waals surface area contributed by atoms with E-state index in [1.54, 1.807) is 35.9 Å². The Labute approximate surface area is 169 Å². The number of nitrogens with one attached hydrogen (secondary N) is 1. The third-order valence-corrected chi connectivity index (χ3v) is 6.53. The summed E-state index contributed by atoms with van der Waals surface area (Å²) in [6, 6.07) is 12.9. The van der Waals surface area contributed by atoms with Gasteiger partial charge in [0.2, 0.25) is 0 Å². The highest BCUT2D eigenvalue weighted by molar-refractivity contribution is 7.86. The van der Waals surface area contributed by atoms with Crippen molar-refractivity contribution in [1.29, 1.82) is 0 Å². The average Bonchev–Trinajstić information content (AvgIpc) is 2.71. The summed E-state index contributed by atoms with van der Waals surface area (Å²) in [5.74, 6) is 0. The number of aryl methyl sites for hydroxylation is 2. The molecule has 0 aliphatic heterocycles. The molecular weight excluding hydrogens is 404 g/mol. The lowest BCUT2D eigenvalue weighted by Crippen LogP contribution is -2.14. The first-order valence-corrected chi connectivity index (χ1v) is 10.6. The summed E-state index contributed by atoms with van der Waals surface area (Å²) in [7, 11) is -2.91. The summed E-state index contributed by atoms with van der Waals surface area (Å²) in [4.78, 5) is 29.2. The molecule has 7 nitrogen and oxygen atoms in total. The van der Waals surface area contributed by atoms with Gasteiger partial charge in [0.1, 0.15) is 4.90 Å². The molecular formula is C22H16N2O5S. The van der Waals surface area contributed by atoms with E-state index in [-0.39, 0.29) is 16.2 Å². The third kappa shape index (κ3) is 2.44. The second-order valence-corrected chi connectivity index (χ2v) is 8.77. The standard InChI is InChI=1S/C22H16N2O5S/c1-11-5-3-6-12-20(11)23-15-9-14-17(10-13(15)21(12)25)24(2)16-7-4-8-18(30(27,28)29)19(16)22(14)26/h3-10H,1-2H3,(H,23,25)(H,27,28,29). The topological polar surface area (TPSA) is 109 Å². The van der Waals surface area contributed by atoms with Gasteiger partial charge in [-0.25, -0.2) is 0 Å². The average molecular weight is 420 g/mol. The Kier molecular flexibility index (Phi) is 3.71. The van der Waals surface area contributed by atoms with E-state index in [4.69, 9.17) is 0 Å². The van der Waals surface area contributed by atoms with E-state index in [1.807, 2.05) is 19.1 Å². The number of hydrogen-bond donors (Lipinski definition) is 2. The van der Waals surface area contributed by atoms with E-state index in [0.29, 0.717) is 32.8 Å². The van der Waals surface area contributed by atoms with Crippen molar-refractivity contribution >= 4 is 53.7 Å². The quantitative estimate of drug-likeness (QED) is 0.320. The summed E-state index contributed by atoms with van der Waals surface area (Å²) < 4.78 is 35.0. The fourth-order valence-corrected chi connectivity index (χ4v) is 4.85. The van der Waals surface area contributed by atoms with Crippen LogP contribution in [0.4, 0.5) is 0 Å². The number of pyridine rings is 2. The van der Waals surface area contributed by atoms with Crippen molar-refractivity contribution < 1.29 is 13.0 Å². The number of fused-ring (bicyclic) bond motifs is 4. The second-order valence-electron chi connectivity index (χ2n) is 7.38. The molecule has 3 aromatic carbocycles. The van der Waals surface area contributed by atoms with Crippen LogP contribution in [0.2, 0.25) is 0 Å². The predicted molar refractivity (Wildman–Crippen MR) is 117 cm³/mol. The van der Waals surface area contributed by atoms with Crippen LogP contribution < -0.4 is 10.9 Å². The maximum Gasteiger partial charge on any atom is 0.295 e. The summed E-state index contributed by atoms with van der Waals surface area (Å²) in [5.41, 5.74) is 2.22. The summed E-state index contributed by atoms with van der Waals surface area (Å²) >= 11 is 0. The number of aromatic nitrogens is 2. The predicted octanol–water partition coefficient (Wildman–Crippen LogP) is 3.24. The molecule has 0 unspecified atom stereocenters. The van der Waals surface area contributed by atoms with E-state index < -0.39 is 20.4 Å². The summed E-state index contributed by atoms with van der Waals surface area (Å²) in [5, 5.41) is 1.15. The van der Waals surface area contributed by atoms with Gasteiger partial charge in [-0.05, 0) is 42.8 Å². The van der Waals surface area contributed by atoms with E-state index >= 15 is 0 Å². The molecule has 0 aliphatic rings. The van der Waals surface area contributed by atoms with Crippen LogP contribution >= 0.6 is 0 Å². The van der Waals surface area contributed by atoms with Crippen molar-refractivity contribution in [3.8, 4) is 0 Å². The zero-order chi connectivity index (χ0) is 21.4. The number of nitrogens with zero attached hydrogens (tertiary/aromatic N) is 1. The number of aromatic amines is 1. The zero-order valence-electron chi connectivity index (χ0n) is 16.1. The van der Waals surface area contributed by atoms with Gasteiger partial charge in [-0.3, -0.25) is 14.1 Å². The van der Waals surface area contributed by atoms with Gasteiger partial charge in [-0.1, -0.05) is 18.2 Å². The van der Waals surface area contributed by atoms with Crippen molar-refractivity contribution in [2.45, 2.75) is 11.8 Å². The molecule has 8 heteroatoms. The molecule has 0 radical (unpaired) electrons. The normalized spacial score (nSPS) is 12.4. The lowest BCUT2D eigenvalue weighted by atomic mass is 10.0. The van der Waals surface area contributed by atoms with Gasteiger partial charge in [0.15, 0.2) is 10.9 Å². The van der Waals surface area contributed by atoms with Crippen LogP contribution in [0, 0.1) is 6.92 Å². The minimum atomic E-state index is -4.59. The highest BCUT2D eigenvalue weighted by atomic mass is 32.2. The van der Waals surface area contributed by atoms with Gasteiger partial charge < -0.3 is 9.55 Å². The van der Waals surface area contributed by atoms with Crippen molar-refractivity contribution in [2.24, 2.45) is 7.05 Å². The molecule has 30 heavy (non-hydrogen) atoms. The molecule has 0 saturated carbocycles. The van der Waals surface area contributed by atoms with Crippen molar-refractivity contribution in [2.75, 3.05) is 0 Å². The Bertz CT molecular complexity index is 1780. The van der Waals surface area contributed by atoms with Crippen LogP contribution in [-0.2, 0) is 17.2 Å². The Morgan fingerprint density at radius 1 is 0.900 bits per heavy atom. The first kappa shape index (κ1) is 18.5. The Morgan fingerprint density at radius 2 is 1.63 bits per heavy atom. The second kappa shape index (κ2) is 6.01. The molecule has 0 atom stereocenters. The molecule has 0 saturated heterocycles. The number of rotatable bonds is 1. The SMILES string of the molecule is Cc1cccc2c(=O)c3cc4c(cc3[nH]c12)c(=O)c1c(S(=O)(=O)O)cccc1n4C. The van der Waals surface area contributed by atoms with Crippen molar-refractivity contribution in [1.82, 2.24) is 9.55 Å². The fraction of sp³-hybridized carbons (Fsp3) is 0.0909. The van der Waals surface area contributed by atoms with Gasteiger partial charge >= 0.3 is 0 Å². The molecule has 0 spiro atoms. The highest BCUT2D eigenvalue weighted by Gasteiger charge is 2.20. The van der Waals surface area contributed by atoms with Crippen molar-refractivity contribution in [3.63, 3.8) is 0 Å². The van der Waals surface area contributed by atoms with Gasteiger partial charge in [0.05, 0.1) is 27.5 Å². The Morgan fingerprint density at radius 3 is 2.37 bits per heavy atom. The third-order valence-electron chi connectivity index (χ3n) is 5.63. The Balaban J connectivity index is 2.07. The first-order chi connectivity index (χ1) is 14.2. The highest BCUT2D eigenvalue weighted by Crippen LogP contribution is 2.27. The molecule has 0 amide bonds. The lowest BCUT2D eigenvalue weighted by Gasteiger charge is -2.13. The molecule has 0 fully saturated rings. The van der Waals surface area contributed by atoms with Crippen LogP contribution in [0.5, 0.6) is 0 Å². The van der Waals surface area contributed by atoms with E-state index in [9.17, 15) is 22.6 Å². The lowest BCUT2D eigenvalue weighted by molar-refractivity contribution is 0.484. The molecule has 2 aromatic heterocycles. The smallest absolute Gasteiger partial charge is 0.295 e. The van der Waals surface area contributed by atoms with Crippen molar-refractivity contribution in [3.05, 3.63) is 74.5 Å². The zero-order valence-corrected chi connectivity index (χ0v) is 16.9. The maximum absolute atomic E-state index is 13.3. The van der Waals surface area contributed by atoms with Gasteiger partial charge in [-0.15, -0.1) is 0 Å². The van der Waals surface area contributed by atoms with Gasteiger partial charge in [-0.2, -0.15) is 8.42 Å². The molecule has 2 heterocycles. The number of hydrogen-bond acceptors (Lipinski definition) is 4. The molecule has 150 valence electrons. The maximum atomic E-state index is 13.3. The van der Waals surface area contributed by atoms with E-state index in [2.05, 4.69) is 4.98 Å². The minimum Gasteiger partial charge on any atom is -0.354 e. The van der Waals surface area contributed by atoms with Crippen LogP contribution in [0.3, 0.4) is 0 Å². The first-order valence-electron chi connectivity index (χ1n) is 9.17. The number of benzene rings is 3. The van der Waals surface area contributed by atoms with E-state index in [0.717, 1.165) is 5.56 Å². The van der Waals surface area contributed by atoms with Crippen LogP contribution in [0.15, 0.2) is 63.0 Å². The molecule has 5 rings (SSSR count). The van der Waals surface area contributed by atoms with Gasteiger partial charge in [0, 0.05) is 23.2 Å². The molecule has 0 bridgehead atoms. The van der Waals surface area contributed by atoms with Crippen LogP contribution in [0.1, 0.15) is 5.56 Å². The van der Waals surface area contributed by atoms with Gasteiger partial charge in [0.25, 0.3) is 10.1 Å². The molecule has 5 aromatic rings. The van der Waals surface area contributed by atoms with E-state index in [1.165, 1.54) is 12.1 Å². The number of H-pyrrole nitrogens is 1. The Hall–Kier alpha value is -3.49. The monoisotopic (exact) mass is 420 g/mol. The number of para-hydroxylation sites is 1. The minimum absolute atomic E-state index is 0.0892.